The summed E-state index contributed by atoms with van der Waals surface area (Å²) in [5.41, 5.74) is 0.718. The molecule has 1 fully saturated rings. The van der Waals surface area contributed by atoms with E-state index in [1.165, 1.54) is 0 Å². The number of rotatable bonds is 5. The molecule has 1 aromatic rings. The maximum absolute atomic E-state index is 12.4. The zero-order valence-corrected chi connectivity index (χ0v) is 13.8. The molecule has 1 saturated heterocycles. The quantitative estimate of drug-likeness (QED) is 0.876. The van der Waals surface area contributed by atoms with E-state index in [-0.39, 0.29) is 11.9 Å². The molecule has 1 atom stereocenters. The molecule has 1 aromatic carbocycles. The van der Waals surface area contributed by atoms with Crippen LogP contribution in [-0.4, -0.2) is 43.6 Å². The maximum Gasteiger partial charge on any atom is 0.321 e. The van der Waals surface area contributed by atoms with Crippen molar-refractivity contribution in [1.82, 2.24) is 10.2 Å². The largest absolute Gasteiger partial charge is 0.497 e. The third kappa shape index (κ3) is 5.16. The second kappa shape index (κ2) is 8.41. The standard InChI is InChI=1S/C17H25N3O3/c1-3-16(21)18-11-13-6-5-9-20(12-13)17(22)19-14-7-4-8-15(10-14)23-2/h4,7-8,10,13H,3,5-6,9,11-12H2,1-2H3,(H,18,21)(H,19,22). The molecule has 2 N–H and O–H groups in total. The van der Waals surface area contributed by atoms with Gasteiger partial charge in [-0.1, -0.05) is 13.0 Å². The first kappa shape index (κ1) is 17.1. The summed E-state index contributed by atoms with van der Waals surface area (Å²) in [6, 6.07) is 7.20. The van der Waals surface area contributed by atoms with Crippen molar-refractivity contribution in [3.05, 3.63) is 24.3 Å². The van der Waals surface area contributed by atoms with Crippen molar-refractivity contribution in [2.45, 2.75) is 26.2 Å². The molecule has 3 amide bonds. The molecule has 1 aliphatic rings. The average molecular weight is 319 g/mol. The van der Waals surface area contributed by atoms with Gasteiger partial charge in [-0.15, -0.1) is 0 Å². The number of benzene rings is 1. The first-order chi connectivity index (χ1) is 11.1. The second-order valence-corrected chi connectivity index (χ2v) is 5.77. The lowest BCUT2D eigenvalue weighted by molar-refractivity contribution is -0.121. The summed E-state index contributed by atoms with van der Waals surface area (Å²) < 4.78 is 5.16. The molecule has 0 saturated carbocycles. The predicted octanol–water partition coefficient (Wildman–Crippen LogP) is 2.47. The van der Waals surface area contributed by atoms with Crippen LogP contribution in [0.5, 0.6) is 5.75 Å². The van der Waals surface area contributed by atoms with Crippen LogP contribution in [-0.2, 0) is 4.79 Å². The summed E-state index contributed by atoms with van der Waals surface area (Å²) in [6.45, 7) is 3.88. The lowest BCUT2D eigenvalue weighted by Gasteiger charge is -2.32. The topological polar surface area (TPSA) is 70.7 Å². The Bertz CT molecular complexity index is 548. The van der Waals surface area contributed by atoms with Gasteiger partial charge in [-0.3, -0.25) is 4.79 Å². The number of methoxy groups -OCH3 is 1. The number of ether oxygens (including phenoxy) is 1. The molecule has 126 valence electrons. The number of nitrogens with zero attached hydrogens (tertiary/aromatic N) is 1. The van der Waals surface area contributed by atoms with Crippen LogP contribution in [0.25, 0.3) is 0 Å². The average Bonchev–Trinajstić information content (AvgIpc) is 2.60. The summed E-state index contributed by atoms with van der Waals surface area (Å²) in [5, 5.41) is 5.82. The molecular formula is C17H25N3O3. The third-order valence-electron chi connectivity index (χ3n) is 4.04. The fraction of sp³-hybridized carbons (Fsp3) is 0.529. The Labute approximate surface area is 137 Å². The minimum Gasteiger partial charge on any atom is -0.497 e. The number of carbonyl (C=O) groups is 2. The first-order valence-corrected chi connectivity index (χ1v) is 8.09. The maximum atomic E-state index is 12.4. The van der Waals surface area contributed by atoms with Crippen LogP contribution < -0.4 is 15.4 Å². The SMILES string of the molecule is CCC(=O)NCC1CCCN(C(=O)Nc2cccc(OC)c2)C1. The highest BCUT2D eigenvalue weighted by atomic mass is 16.5. The van der Waals surface area contributed by atoms with Gasteiger partial charge in [0, 0.05) is 37.8 Å². The van der Waals surface area contributed by atoms with Crippen molar-refractivity contribution >= 4 is 17.6 Å². The van der Waals surface area contributed by atoms with Gasteiger partial charge >= 0.3 is 6.03 Å². The molecule has 6 nitrogen and oxygen atoms in total. The molecule has 23 heavy (non-hydrogen) atoms. The number of hydrogen-bond acceptors (Lipinski definition) is 3. The molecule has 0 spiro atoms. The lowest BCUT2D eigenvalue weighted by atomic mass is 9.98. The smallest absolute Gasteiger partial charge is 0.321 e. The van der Waals surface area contributed by atoms with Gasteiger partial charge in [0.05, 0.1) is 7.11 Å². The van der Waals surface area contributed by atoms with Crippen LogP contribution in [0.1, 0.15) is 26.2 Å². The number of amides is 3. The number of nitrogens with one attached hydrogen (secondary N) is 2. The van der Waals surface area contributed by atoms with E-state index in [0.29, 0.717) is 31.2 Å². The summed E-state index contributed by atoms with van der Waals surface area (Å²) in [6.07, 6.45) is 2.48. The van der Waals surface area contributed by atoms with E-state index in [1.807, 2.05) is 30.0 Å². The van der Waals surface area contributed by atoms with Crippen LogP contribution in [0.4, 0.5) is 10.5 Å². The summed E-state index contributed by atoms with van der Waals surface area (Å²) in [4.78, 5) is 25.6. The van der Waals surface area contributed by atoms with Crippen LogP contribution in [0.3, 0.4) is 0 Å². The molecule has 1 unspecified atom stereocenters. The summed E-state index contributed by atoms with van der Waals surface area (Å²) in [5.74, 6) is 1.08. The number of hydrogen-bond donors (Lipinski definition) is 2. The highest BCUT2D eigenvalue weighted by Crippen LogP contribution is 2.20. The Morgan fingerprint density at radius 1 is 1.39 bits per heavy atom. The van der Waals surface area contributed by atoms with Crippen molar-refractivity contribution in [1.29, 1.82) is 0 Å². The van der Waals surface area contributed by atoms with E-state index in [4.69, 9.17) is 4.74 Å². The molecule has 1 aliphatic heterocycles. The fourth-order valence-electron chi connectivity index (χ4n) is 2.70. The Hall–Kier alpha value is -2.24. The molecule has 0 bridgehead atoms. The van der Waals surface area contributed by atoms with Gasteiger partial charge in [0.2, 0.25) is 5.91 Å². The zero-order valence-electron chi connectivity index (χ0n) is 13.8. The molecule has 2 rings (SSSR count). The molecule has 0 aromatic heterocycles. The zero-order chi connectivity index (χ0) is 16.7. The first-order valence-electron chi connectivity index (χ1n) is 8.09. The highest BCUT2D eigenvalue weighted by molar-refractivity contribution is 5.89. The predicted molar refractivity (Wildman–Crippen MR) is 89.6 cm³/mol. The Kier molecular flexibility index (Phi) is 6.26. The Morgan fingerprint density at radius 2 is 2.22 bits per heavy atom. The van der Waals surface area contributed by atoms with Crippen LogP contribution in [0.2, 0.25) is 0 Å². The summed E-state index contributed by atoms with van der Waals surface area (Å²) in [7, 11) is 1.60. The number of urea groups is 1. The molecule has 0 radical (unpaired) electrons. The minimum atomic E-state index is -0.107. The van der Waals surface area contributed by atoms with Gasteiger partial charge in [-0.2, -0.15) is 0 Å². The van der Waals surface area contributed by atoms with Crippen LogP contribution in [0, 0.1) is 5.92 Å². The Balaban J connectivity index is 1.87. The van der Waals surface area contributed by atoms with Gasteiger partial charge in [-0.25, -0.2) is 4.79 Å². The van der Waals surface area contributed by atoms with Crippen molar-refractivity contribution < 1.29 is 14.3 Å². The highest BCUT2D eigenvalue weighted by Gasteiger charge is 2.24. The van der Waals surface area contributed by atoms with E-state index in [1.54, 1.807) is 13.2 Å². The van der Waals surface area contributed by atoms with Gasteiger partial charge in [0.15, 0.2) is 0 Å². The van der Waals surface area contributed by atoms with Crippen molar-refractivity contribution in [3.8, 4) is 5.75 Å². The monoisotopic (exact) mass is 319 g/mol. The summed E-state index contributed by atoms with van der Waals surface area (Å²) >= 11 is 0. The lowest BCUT2D eigenvalue weighted by Crippen LogP contribution is -2.45. The number of carbonyl (C=O) groups excluding carboxylic acids is 2. The Morgan fingerprint density at radius 3 is 2.96 bits per heavy atom. The van der Waals surface area contributed by atoms with Gasteiger partial charge in [0.1, 0.15) is 5.75 Å². The van der Waals surface area contributed by atoms with Gasteiger partial charge in [-0.05, 0) is 30.9 Å². The van der Waals surface area contributed by atoms with Crippen LogP contribution in [0.15, 0.2) is 24.3 Å². The number of anilines is 1. The minimum absolute atomic E-state index is 0.0583. The molecule has 1 heterocycles. The van der Waals surface area contributed by atoms with E-state index < -0.39 is 0 Å². The van der Waals surface area contributed by atoms with Crippen molar-refractivity contribution in [2.75, 3.05) is 32.1 Å². The molecular weight excluding hydrogens is 294 g/mol. The van der Waals surface area contributed by atoms with E-state index in [9.17, 15) is 9.59 Å². The van der Waals surface area contributed by atoms with Crippen molar-refractivity contribution in [3.63, 3.8) is 0 Å². The molecule has 0 aliphatic carbocycles. The van der Waals surface area contributed by atoms with Crippen molar-refractivity contribution in [2.24, 2.45) is 5.92 Å². The number of likely N-dealkylation sites (tertiary alicyclic amines) is 1. The van der Waals surface area contributed by atoms with E-state index >= 15 is 0 Å². The molecule has 6 heteroatoms. The van der Waals surface area contributed by atoms with E-state index in [2.05, 4.69) is 10.6 Å². The normalized spacial score (nSPS) is 17.5. The second-order valence-electron chi connectivity index (χ2n) is 5.77. The van der Waals surface area contributed by atoms with Gasteiger partial charge < -0.3 is 20.3 Å². The third-order valence-corrected chi connectivity index (χ3v) is 4.04. The van der Waals surface area contributed by atoms with E-state index in [0.717, 1.165) is 25.1 Å². The number of piperidine rings is 1. The van der Waals surface area contributed by atoms with Crippen LogP contribution >= 0.6 is 0 Å². The van der Waals surface area contributed by atoms with Gasteiger partial charge in [0.25, 0.3) is 0 Å². The fourth-order valence-corrected chi connectivity index (χ4v) is 2.70.